The number of rotatable bonds is 5. The number of halogens is 2. The fourth-order valence-electron chi connectivity index (χ4n) is 1.81. The summed E-state index contributed by atoms with van der Waals surface area (Å²) in [7, 11) is 0. The van der Waals surface area contributed by atoms with Crippen LogP contribution in [0.3, 0.4) is 0 Å². The largest absolute Gasteiger partial charge is 0.478 e. The molecule has 2 N–H and O–H groups in total. The van der Waals surface area contributed by atoms with Crippen molar-refractivity contribution in [3.05, 3.63) is 69.4 Å². The van der Waals surface area contributed by atoms with Crippen LogP contribution in [-0.2, 0) is 13.1 Å². The quantitative estimate of drug-likeness (QED) is 0.876. The van der Waals surface area contributed by atoms with Crippen LogP contribution >= 0.6 is 15.9 Å². The molecule has 0 radical (unpaired) electrons. The summed E-state index contributed by atoms with van der Waals surface area (Å²) < 4.78 is 13.8. The first kappa shape index (κ1) is 14.7. The van der Waals surface area contributed by atoms with Gasteiger partial charge in [0.15, 0.2) is 0 Å². The molecule has 0 fully saturated rings. The molecule has 0 saturated carbocycles. The average molecular weight is 338 g/mol. The third-order valence-corrected chi connectivity index (χ3v) is 3.57. The van der Waals surface area contributed by atoms with Gasteiger partial charge in [-0.05, 0) is 35.4 Å². The van der Waals surface area contributed by atoms with Crippen molar-refractivity contribution in [1.82, 2.24) is 5.32 Å². The van der Waals surface area contributed by atoms with E-state index in [0.29, 0.717) is 13.1 Å². The summed E-state index contributed by atoms with van der Waals surface area (Å²) in [5.41, 5.74) is 2.06. The fraction of sp³-hybridized carbons (Fsp3) is 0.133. The predicted octanol–water partition coefficient (Wildman–Crippen LogP) is 3.58. The summed E-state index contributed by atoms with van der Waals surface area (Å²) in [6, 6.07) is 11.3. The van der Waals surface area contributed by atoms with Crippen molar-refractivity contribution in [1.29, 1.82) is 0 Å². The molecule has 20 heavy (non-hydrogen) atoms. The Morgan fingerprint density at radius 1 is 1.20 bits per heavy atom. The Hall–Kier alpha value is -1.72. The molecule has 2 aromatic rings. The normalized spacial score (nSPS) is 10.5. The van der Waals surface area contributed by atoms with Gasteiger partial charge in [-0.1, -0.05) is 34.1 Å². The molecule has 0 spiro atoms. The van der Waals surface area contributed by atoms with Crippen LogP contribution in [0.4, 0.5) is 4.39 Å². The Labute approximate surface area is 124 Å². The van der Waals surface area contributed by atoms with Crippen LogP contribution in [0.1, 0.15) is 21.5 Å². The zero-order valence-electron chi connectivity index (χ0n) is 10.6. The van der Waals surface area contributed by atoms with Gasteiger partial charge in [0.1, 0.15) is 5.82 Å². The lowest BCUT2D eigenvalue weighted by atomic mass is 10.1. The van der Waals surface area contributed by atoms with Gasteiger partial charge >= 0.3 is 5.97 Å². The van der Waals surface area contributed by atoms with Crippen molar-refractivity contribution in [3.63, 3.8) is 0 Å². The second-order valence-corrected chi connectivity index (χ2v) is 5.20. The molecule has 0 saturated heterocycles. The topological polar surface area (TPSA) is 49.3 Å². The zero-order valence-corrected chi connectivity index (χ0v) is 12.2. The Kier molecular flexibility index (Phi) is 4.87. The van der Waals surface area contributed by atoms with E-state index in [1.807, 2.05) is 6.07 Å². The minimum atomic E-state index is -0.954. The van der Waals surface area contributed by atoms with E-state index in [9.17, 15) is 9.18 Å². The summed E-state index contributed by atoms with van der Waals surface area (Å²) in [5, 5.41) is 12.1. The maximum absolute atomic E-state index is 13.0. The van der Waals surface area contributed by atoms with Gasteiger partial charge in [0.05, 0.1) is 5.56 Å². The van der Waals surface area contributed by atoms with E-state index in [1.165, 1.54) is 12.1 Å². The summed E-state index contributed by atoms with van der Waals surface area (Å²) in [6.45, 7) is 1.11. The number of aromatic carboxylic acids is 1. The van der Waals surface area contributed by atoms with E-state index < -0.39 is 5.97 Å². The van der Waals surface area contributed by atoms with Crippen LogP contribution < -0.4 is 5.32 Å². The summed E-state index contributed by atoms with van der Waals surface area (Å²) in [5.74, 6) is -1.21. The van der Waals surface area contributed by atoms with Gasteiger partial charge < -0.3 is 10.4 Å². The van der Waals surface area contributed by atoms with Crippen molar-refractivity contribution in [3.8, 4) is 0 Å². The molecule has 5 heteroatoms. The van der Waals surface area contributed by atoms with Crippen LogP contribution in [-0.4, -0.2) is 11.1 Å². The smallest absolute Gasteiger partial charge is 0.335 e. The van der Waals surface area contributed by atoms with Crippen LogP contribution in [0.5, 0.6) is 0 Å². The highest BCUT2D eigenvalue weighted by molar-refractivity contribution is 9.10. The number of nitrogens with one attached hydrogen (secondary N) is 1. The van der Waals surface area contributed by atoms with E-state index in [0.717, 1.165) is 15.6 Å². The average Bonchev–Trinajstić information content (AvgIpc) is 2.40. The monoisotopic (exact) mass is 337 g/mol. The van der Waals surface area contributed by atoms with Crippen LogP contribution in [0.2, 0.25) is 0 Å². The Morgan fingerprint density at radius 2 is 2.00 bits per heavy atom. The lowest BCUT2D eigenvalue weighted by molar-refractivity contribution is 0.0697. The second-order valence-electron chi connectivity index (χ2n) is 4.34. The lowest BCUT2D eigenvalue weighted by Crippen LogP contribution is -2.13. The third kappa shape index (κ3) is 3.88. The van der Waals surface area contributed by atoms with Gasteiger partial charge in [-0.25, -0.2) is 9.18 Å². The van der Waals surface area contributed by atoms with E-state index in [4.69, 9.17) is 5.11 Å². The maximum atomic E-state index is 13.0. The standard InChI is InChI=1S/C15H13BrFNO2/c16-14-7-11(15(19)20)4-5-12(14)9-18-8-10-2-1-3-13(17)6-10/h1-7,18H,8-9H2,(H,19,20). The molecular weight excluding hydrogens is 325 g/mol. The van der Waals surface area contributed by atoms with Crippen LogP contribution in [0.15, 0.2) is 46.9 Å². The highest BCUT2D eigenvalue weighted by atomic mass is 79.9. The first-order valence-corrected chi connectivity index (χ1v) is 6.82. The van der Waals surface area contributed by atoms with E-state index in [2.05, 4.69) is 21.2 Å². The minimum absolute atomic E-state index is 0.241. The first-order valence-electron chi connectivity index (χ1n) is 6.03. The summed E-state index contributed by atoms with van der Waals surface area (Å²) in [4.78, 5) is 10.8. The number of hydrogen-bond donors (Lipinski definition) is 2. The predicted molar refractivity (Wildman–Crippen MR) is 78.0 cm³/mol. The van der Waals surface area contributed by atoms with Crippen molar-refractivity contribution < 1.29 is 14.3 Å². The molecule has 104 valence electrons. The second kappa shape index (κ2) is 6.63. The Balaban J connectivity index is 1.96. The molecule has 0 unspecified atom stereocenters. The molecule has 0 bridgehead atoms. The van der Waals surface area contributed by atoms with Crippen LogP contribution in [0.25, 0.3) is 0 Å². The summed E-state index contributed by atoms with van der Waals surface area (Å²) in [6.07, 6.45) is 0. The fourth-order valence-corrected chi connectivity index (χ4v) is 2.33. The van der Waals surface area contributed by atoms with Gasteiger partial charge in [-0.3, -0.25) is 0 Å². The van der Waals surface area contributed by atoms with Crippen molar-refractivity contribution in [2.24, 2.45) is 0 Å². The van der Waals surface area contributed by atoms with Gasteiger partial charge in [0.25, 0.3) is 0 Å². The molecule has 0 aliphatic rings. The van der Waals surface area contributed by atoms with E-state index in [-0.39, 0.29) is 11.4 Å². The molecular formula is C15H13BrFNO2. The van der Waals surface area contributed by atoms with E-state index >= 15 is 0 Å². The molecule has 2 aromatic carbocycles. The van der Waals surface area contributed by atoms with Gasteiger partial charge in [-0.2, -0.15) is 0 Å². The molecule has 0 aromatic heterocycles. The van der Waals surface area contributed by atoms with Gasteiger partial charge in [0.2, 0.25) is 0 Å². The number of benzene rings is 2. The highest BCUT2D eigenvalue weighted by Crippen LogP contribution is 2.18. The third-order valence-electron chi connectivity index (χ3n) is 2.83. The first-order chi connectivity index (χ1) is 9.56. The van der Waals surface area contributed by atoms with Crippen molar-refractivity contribution >= 4 is 21.9 Å². The molecule has 2 rings (SSSR count). The number of carboxylic acids is 1. The zero-order chi connectivity index (χ0) is 14.5. The van der Waals surface area contributed by atoms with Crippen LogP contribution in [0, 0.1) is 5.82 Å². The lowest BCUT2D eigenvalue weighted by Gasteiger charge is -2.08. The van der Waals surface area contributed by atoms with Crippen molar-refractivity contribution in [2.75, 3.05) is 0 Å². The highest BCUT2D eigenvalue weighted by Gasteiger charge is 2.06. The summed E-state index contributed by atoms with van der Waals surface area (Å²) >= 11 is 3.35. The Bertz CT molecular complexity index is 631. The maximum Gasteiger partial charge on any atom is 0.335 e. The molecule has 0 aliphatic heterocycles. The molecule has 0 atom stereocenters. The number of carbonyl (C=O) groups is 1. The Morgan fingerprint density at radius 3 is 2.65 bits per heavy atom. The SMILES string of the molecule is O=C(O)c1ccc(CNCc2cccc(F)c2)c(Br)c1. The molecule has 0 aliphatic carbocycles. The molecule has 3 nitrogen and oxygen atoms in total. The van der Waals surface area contributed by atoms with Gasteiger partial charge in [0, 0.05) is 17.6 Å². The number of hydrogen-bond acceptors (Lipinski definition) is 2. The molecule has 0 amide bonds. The number of carboxylic acid groups (broad SMARTS) is 1. The van der Waals surface area contributed by atoms with Gasteiger partial charge in [-0.15, -0.1) is 0 Å². The van der Waals surface area contributed by atoms with Crippen molar-refractivity contribution in [2.45, 2.75) is 13.1 Å². The van der Waals surface area contributed by atoms with E-state index in [1.54, 1.807) is 24.3 Å². The minimum Gasteiger partial charge on any atom is -0.478 e. The molecule has 0 heterocycles.